The lowest BCUT2D eigenvalue weighted by atomic mass is 10.1. The van der Waals surface area contributed by atoms with Crippen molar-refractivity contribution < 1.29 is 36.2 Å². The van der Waals surface area contributed by atoms with Gasteiger partial charge in [0.1, 0.15) is 5.69 Å². The normalized spacial score (nSPS) is 12.5. The fourth-order valence-corrected chi connectivity index (χ4v) is 3.08. The van der Waals surface area contributed by atoms with Crippen molar-refractivity contribution in [3.63, 3.8) is 0 Å². The van der Waals surface area contributed by atoms with E-state index in [0.717, 1.165) is 32.1 Å². The van der Waals surface area contributed by atoms with Crippen molar-refractivity contribution >= 4 is 5.69 Å². The zero-order valence-corrected chi connectivity index (χ0v) is 18.5. The third kappa shape index (κ3) is 9.29. The predicted octanol–water partition coefficient (Wildman–Crippen LogP) is 6.68. The Morgan fingerprint density at radius 2 is 1.16 bits per heavy atom. The fourth-order valence-electron chi connectivity index (χ4n) is 3.08. The van der Waals surface area contributed by atoms with Gasteiger partial charge < -0.3 is 19.5 Å². The van der Waals surface area contributed by atoms with Gasteiger partial charge in [-0.3, -0.25) is 0 Å². The topological polar surface area (TPSA) is 39.7 Å². The van der Waals surface area contributed by atoms with Gasteiger partial charge in [-0.15, -0.1) is 0 Å². The standard InChI is InChI=1S/C22H34F5NO3/c1-4-7-8-9-10-11-12-13-15(31-22(29-5-2)30-6-3)14-28-21-19(26)17(24)16(23)18(25)20(21)27/h15,22,28H,4-14H2,1-3H3. The summed E-state index contributed by atoms with van der Waals surface area (Å²) in [5, 5.41) is 2.32. The summed E-state index contributed by atoms with van der Waals surface area (Å²) in [6.07, 6.45) is 7.33. The van der Waals surface area contributed by atoms with Crippen LogP contribution in [0, 0.1) is 29.1 Å². The Labute approximate surface area is 181 Å². The molecule has 0 heterocycles. The van der Waals surface area contributed by atoms with Gasteiger partial charge in [-0.25, -0.2) is 22.0 Å². The molecule has 1 atom stereocenters. The van der Waals surface area contributed by atoms with Crippen LogP contribution in [-0.2, 0) is 14.2 Å². The van der Waals surface area contributed by atoms with E-state index in [0.29, 0.717) is 19.6 Å². The third-order valence-electron chi connectivity index (χ3n) is 4.76. The molecule has 1 aromatic rings. The number of anilines is 1. The van der Waals surface area contributed by atoms with Gasteiger partial charge >= 0.3 is 0 Å². The fraction of sp³-hybridized carbons (Fsp3) is 0.727. The van der Waals surface area contributed by atoms with Crippen LogP contribution in [0.5, 0.6) is 0 Å². The van der Waals surface area contributed by atoms with Crippen LogP contribution in [0.15, 0.2) is 0 Å². The summed E-state index contributed by atoms with van der Waals surface area (Å²) in [4.78, 5) is 0. The van der Waals surface area contributed by atoms with Crippen LogP contribution >= 0.6 is 0 Å². The maximum atomic E-state index is 13.9. The van der Waals surface area contributed by atoms with Gasteiger partial charge in [0.05, 0.1) is 6.10 Å². The molecule has 0 aromatic heterocycles. The van der Waals surface area contributed by atoms with E-state index in [-0.39, 0.29) is 6.54 Å². The number of unbranched alkanes of at least 4 members (excludes halogenated alkanes) is 6. The van der Waals surface area contributed by atoms with Gasteiger partial charge in [0.15, 0.2) is 23.3 Å². The molecule has 0 saturated heterocycles. The Bertz CT molecular complexity index is 613. The van der Waals surface area contributed by atoms with E-state index in [1.165, 1.54) is 12.8 Å². The molecule has 0 fully saturated rings. The maximum absolute atomic E-state index is 13.9. The summed E-state index contributed by atoms with van der Waals surface area (Å²) >= 11 is 0. The average Bonchev–Trinajstić information content (AvgIpc) is 2.75. The lowest BCUT2D eigenvalue weighted by molar-refractivity contribution is -0.300. The van der Waals surface area contributed by atoms with Gasteiger partial charge in [0, 0.05) is 19.8 Å². The second-order valence-electron chi connectivity index (χ2n) is 7.19. The monoisotopic (exact) mass is 455 g/mol. The highest BCUT2D eigenvalue weighted by atomic mass is 19.2. The Morgan fingerprint density at radius 1 is 0.677 bits per heavy atom. The molecule has 1 rings (SSSR count). The van der Waals surface area contributed by atoms with Crippen molar-refractivity contribution in [1.82, 2.24) is 0 Å². The van der Waals surface area contributed by atoms with E-state index >= 15 is 0 Å². The molecule has 0 aliphatic heterocycles. The molecule has 1 aromatic carbocycles. The van der Waals surface area contributed by atoms with Crippen LogP contribution < -0.4 is 5.32 Å². The molecule has 0 aliphatic rings. The van der Waals surface area contributed by atoms with Crippen molar-refractivity contribution in [1.29, 1.82) is 0 Å². The van der Waals surface area contributed by atoms with E-state index in [1.807, 2.05) is 0 Å². The zero-order chi connectivity index (χ0) is 23.2. The molecule has 9 heteroatoms. The lowest BCUT2D eigenvalue weighted by Gasteiger charge is -2.25. The second kappa shape index (κ2) is 15.4. The Morgan fingerprint density at radius 3 is 1.68 bits per heavy atom. The van der Waals surface area contributed by atoms with E-state index in [2.05, 4.69) is 12.2 Å². The molecule has 31 heavy (non-hydrogen) atoms. The third-order valence-corrected chi connectivity index (χ3v) is 4.76. The molecule has 4 nitrogen and oxygen atoms in total. The number of hydrogen-bond donors (Lipinski definition) is 1. The molecule has 1 unspecified atom stereocenters. The van der Waals surface area contributed by atoms with Crippen molar-refractivity contribution in [2.24, 2.45) is 0 Å². The Hall–Kier alpha value is -1.45. The highest BCUT2D eigenvalue weighted by Crippen LogP contribution is 2.27. The maximum Gasteiger partial charge on any atom is 0.271 e. The Kier molecular flexibility index (Phi) is 13.7. The molecule has 180 valence electrons. The van der Waals surface area contributed by atoms with Crippen LogP contribution in [0.4, 0.5) is 27.6 Å². The molecule has 0 bridgehead atoms. The minimum absolute atomic E-state index is 0.176. The van der Waals surface area contributed by atoms with Crippen LogP contribution in [0.2, 0.25) is 0 Å². The predicted molar refractivity (Wildman–Crippen MR) is 109 cm³/mol. The highest BCUT2D eigenvalue weighted by Gasteiger charge is 2.26. The number of rotatable bonds is 17. The lowest BCUT2D eigenvalue weighted by Crippen LogP contribution is -2.32. The van der Waals surface area contributed by atoms with E-state index in [4.69, 9.17) is 14.2 Å². The summed E-state index contributed by atoms with van der Waals surface area (Å²) < 4.78 is 84.4. The van der Waals surface area contributed by atoms with Gasteiger partial charge in [0.25, 0.3) is 6.48 Å². The first kappa shape index (κ1) is 27.6. The van der Waals surface area contributed by atoms with E-state index in [9.17, 15) is 22.0 Å². The van der Waals surface area contributed by atoms with Crippen LogP contribution in [0.25, 0.3) is 0 Å². The molecular weight excluding hydrogens is 421 g/mol. The van der Waals surface area contributed by atoms with E-state index in [1.54, 1.807) is 13.8 Å². The van der Waals surface area contributed by atoms with Crippen LogP contribution in [0.3, 0.4) is 0 Å². The van der Waals surface area contributed by atoms with Crippen molar-refractivity contribution in [2.75, 3.05) is 25.1 Å². The minimum Gasteiger partial charge on any atom is -0.377 e. The van der Waals surface area contributed by atoms with Crippen molar-refractivity contribution in [3.8, 4) is 0 Å². The first-order valence-corrected chi connectivity index (χ1v) is 11.0. The smallest absolute Gasteiger partial charge is 0.271 e. The van der Waals surface area contributed by atoms with Gasteiger partial charge in [-0.2, -0.15) is 0 Å². The van der Waals surface area contributed by atoms with Crippen LogP contribution in [0.1, 0.15) is 72.1 Å². The summed E-state index contributed by atoms with van der Waals surface area (Å²) in [5.41, 5.74) is -1.08. The van der Waals surface area contributed by atoms with Crippen molar-refractivity contribution in [2.45, 2.75) is 84.7 Å². The Balaban J connectivity index is 2.77. The molecule has 1 N–H and O–H groups in total. The summed E-state index contributed by atoms with van der Waals surface area (Å²) in [6.45, 7) is 5.14. The number of ether oxygens (including phenoxy) is 3. The first-order chi connectivity index (χ1) is 14.9. The molecular formula is C22H34F5NO3. The zero-order valence-electron chi connectivity index (χ0n) is 18.5. The summed E-state index contributed by atoms with van der Waals surface area (Å²) in [6, 6.07) is 0. The second-order valence-corrected chi connectivity index (χ2v) is 7.19. The average molecular weight is 456 g/mol. The molecule has 0 spiro atoms. The van der Waals surface area contributed by atoms with E-state index < -0.39 is 47.4 Å². The van der Waals surface area contributed by atoms with Gasteiger partial charge in [0.2, 0.25) is 5.82 Å². The van der Waals surface area contributed by atoms with Gasteiger partial charge in [-0.1, -0.05) is 51.9 Å². The summed E-state index contributed by atoms with van der Waals surface area (Å²) in [5.74, 6) is -9.99. The highest BCUT2D eigenvalue weighted by molar-refractivity contribution is 5.47. The molecule has 0 aliphatic carbocycles. The molecule has 0 radical (unpaired) electrons. The molecule has 0 amide bonds. The number of hydrogen-bond acceptors (Lipinski definition) is 4. The van der Waals surface area contributed by atoms with Crippen LogP contribution in [-0.4, -0.2) is 32.3 Å². The first-order valence-electron chi connectivity index (χ1n) is 11.0. The SMILES string of the molecule is CCCCCCCCCC(CNc1c(F)c(F)c(F)c(F)c1F)OC(OCC)OCC. The molecule has 0 saturated carbocycles. The summed E-state index contributed by atoms with van der Waals surface area (Å²) in [7, 11) is 0. The number of nitrogens with one attached hydrogen (secondary N) is 1. The minimum atomic E-state index is -2.19. The number of benzene rings is 1. The largest absolute Gasteiger partial charge is 0.377 e. The van der Waals surface area contributed by atoms with Crippen molar-refractivity contribution in [3.05, 3.63) is 29.1 Å². The quantitative estimate of drug-likeness (QED) is 0.0936. The number of halogens is 5. The van der Waals surface area contributed by atoms with Gasteiger partial charge in [-0.05, 0) is 20.3 Å².